The minimum Gasteiger partial charge on any atom is -0.467 e. The van der Waals surface area contributed by atoms with Crippen molar-refractivity contribution in [3.63, 3.8) is 0 Å². The first-order valence-electron chi connectivity index (χ1n) is 10.3. The lowest BCUT2D eigenvalue weighted by molar-refractivity contribution is -0.160. The molecule has 1 aliphatic rings. The van der Waals surface area contributed by atoms with Crippen LogP contribution in [0.5, 0.6) is 0 Å². The van der Waals surface area contributed by atoms with Crippen LogP contribution in [0, 0.1) is 6.92 Å². The summed E-state index contributed by atoms with van der Waals surface area (Å²) in [7, 11) is 1.14. The molecule has 0 aliphatic carbocycles. The molecule has 2 aromatic carbocycles. The molecule has 1 N–H and O–H groups in total. The van der Waals surface area contributed by atoms with Crippen LogP contribution in [0.3, 0.4) is 0 Å². The van der Waals surface area contributed by atoms with Crippen LogP contribution in [0.25, 0.3) is 21.9 Å². The first-order chi connectivity index (χ1) is 15.8. The Morgan fingerprint density at radius 1 is 1.15 bits per heavy atom. The number of nitrogens with zero attached hydrogens (tertiary/aromatic N) is 1. The molecule has 4 rings (SSSR count). The summed E-state index contributed by atoms with van der Waals surface area (Å²) in [5.74, 6) is -1.84. The molecule has 10 heteroatoms. The number of rotatable bonds is 6. The Bertz CT molecular complexity index is 1220. The van der Waals surface area contributed by atoms with Gasteiger partial charge in [0.15, 0.2) is 0 Å². The normalized spacial score (nSPS) is 18.3. The van der Waals surface area contributed by atoms with Gasteiger partial charge in [-0.15, -0.1) is 0 Å². The minimum atomic E-state index is -3.03. The van der Waals surface area contributed by atoms with Gasteiger partial charge < -0.3 is 24.1 Å². The van der Waals surface area contributed by atoms with E-state index in [1.165, 1.54) is 0 Å². The number of furan rings is 1. The molecule has 1 aliphatic heterocycles. The molecule has 33 heavy (non-hydrogen) atoms. The third-order valence-electron chi connectivity index (χ3n) is 5.64. The Balaban J connectivity index is 1.46. The summed E-state index contributed by atoms with van der Waals surface area (Å²) < 4.78 is 40.0. The van der Waals surface area contributed by atoms with Crippen LogP contribution in [0.2, 0.25) is 0 Å². The Hall–Kier alpha value is -3.53. The van der Waals surface area contributed by atoms with E-state index in [1.807, 2.05) is 25.1 Å². The van der Waals surface area contributed by atoms with Crippen molar-refractivity contribution in [1.29, 1.82) is 0 Å². The Labute approximate surface area is 187 Å². The molecule has 1 saturated heterocycles. The zero-order valence-electron chi connectivity index (χ0n) is 18.0. The molecule has 174 valence electrons. The number of carbonyl (C=O) groups excluding carboxylic acids is 3. The molecule has 3 aromatic rings. The second-order valence-corrected chi connectivity index (χ2v) is 7.83. The lowest BCUT2D eigenvalue weighted by Gasteiger charge is -2.22. The zero-order chi connectivity index (χ0) is 23.7. The Morgan fingerprint density at radius 3 is 2.55 bits per heavy atom. The number of esters is 1. The zero-order valence-corrected chi connectivity index (χ0v) is 18.0. The summed E-state index contributed by atoms with van der Waals surface area (Å²) in [5, 5.41) is 4.17. The van der Waals surface area contributed by atoms with Crippen molar-refractivity contribution in [1.82, 2.24) is 10.2 Å². The van der Waals surface area contributed by atoms with Crippen molar-refractivity contribution in [2.75, 3.05) is 20.2 Å². The molecule has 0 radical (unpaired) electrons. The van der Waals surface area contributed by atoms with Crippen LogP contribution in [-0.4, -0.2) is 61.6 Å². The quantitative estimate of drug-likeness (QED) is 0.568. The highest BCUT2D eigenvalue weighted by Gasteiger charge is 2.41. The predicted octanol–water partition coefficient (Wildman–Crippen LogP) is 3.01. The fourth-order valence-electron chi connectivity index (χ4n) is 4.07. The number of fused-ring (bicyclic) bond motifs is 3. The number of alkyl halides is 2. The largest absolute Gasteiger partial charge is 0.467 e. The number of likely N-dealkylation sites (tertiary alicyclic amines) is 1. The van der Waals surface area contributed by atoms with Gasteiger partial charge in [-0.25, -0.2) is 4.79 Å². The first-order valence-corrected chi connectivity index (χ1v) is 10.3. The average Bonchev–Trinajstić information content (AvgIpc) is 3.37. The van der Waals surface area contributed by atoms with Gasteiger partial charge in [-0.1, -0.05) is 11.6 Å². The third kappa shape index (κ3) is 4.65. The highest BCUT2D eigenvalue weighted by Crippen LogP contribution is 2.30. The molecule has 2 heterocycles. The second-order valence-electron chi connectivity index (χ2n) is 7.83. The van der Waals surface area contributed by atoms with Gasteiger partial charge in [0.25, 0.3) is 5.91 Å². The number of hydrogen-bond donors (Lipinski definition) is 1. The van der Waals surface area contributed by atoms with Crippen LogP contribution in [0.4, 0.5) is 8.78 Å². The highest BCUT2D eigenvalue weighted by atomic mass is 19.3. The molecule has 0 unspecified atom stereocenters. The number of amides is 2. The van der Waals surface area contributed by atoms with Gasteiger partial charge in [0.05, 0.1) is 19.8 Å². The summed E-state index contributed by atoms with van der Waals surface area (Å²) in [5.41, 5.74) is 2.70. The molecular formula is C23H22F2N2O6. The summed E-state index contributed by atoms with van der Waals surface area (Å²) in [6, 6.07) is 9.64. The van der Waals surface area contributed by atoms with Crippen molar-refractivity contribution in [2.45, 2.75) is 32.1 Å². The number of nitrogens with one attached hydrogen (secondary N) is 1. The van der Waals surface area contributed by atoms with Crippen LogP contribution in [0.15, 0.2) is 40.8 Å². The molecule has 0 spiro atoms. The molecule has 0 saturated carbocycles. The monoisotopic (exact) mass is 460 g/mol. The number of benzene rings is 2. The topological polar surface area (TPSA) is 98.1 Å². The standard InChI is InChI=1S/C23H22F2N2O6/c1-12-3-5-18-15(7-12)16-8-13(4-6-19(16)33-18)21(29)26-10-20(28)27-11-14(32-23(24)25)9-17(27)22(30)31-2/h3-8,14,17,23H,9-11H2,1-2H3,(H,26,29)/t14-,17+/m1/s1. The van der Waals surface area contributed by atoms with Crippen molar-refractivity contribution < 1.29 is 37.1 Å². The predicted molar refractivity (Wildman–Crippen MR) is 114 cm³/mol. The van der Waals surface area contributed by atoms with Crippen molar-refractivity contribution in [2.24, 2.45) is 0 Å². The average molecular weight is 460 g/mol. The molecule has 0 bridgehead atoms. The number of methoxy groups -OCH3 is 1. The Morgan fingerprint density at radius 2 is 1.85 bits per heavy atom. The van der Waals surface area contributed by atoms with E-state index < -0.39 is 43.1 Å². The van der Waals surface area contributed by atoms with E-state index in [0.717, 1.165) is 28.3 Å². The number of ether oxygens (including phenoxy) is 2. The summed E-state index contributed by atoms with van der Waals surface area (Å²) in [4.78, 5) is 38.4. The van der Waals surface area contributed by atoms with Gasteiger partial charge in [-0.05, 0) is 37.3 Å². The SMILES string of the molecule is COC(=O)[C@@H]1C[C@@H](OC(F)F)CN1C(=O)CNC(=O)c1ccc2oc3ccc(C)cc3c2c1. The molecule has 1 aromatic heterocycles. The van der Waals surface area contributed by atoms with Gasteiger partial charge in [0, 0.05) is 29.3 Å². The summed E-state index contributed by atoms with van der Waals surface area (Å²) in [6.45, 7) is -1.69. The molecular weight excluding hydrogens is 438 g/mol. The van der Waals surface area contributed by atoms with Gasteiger partial charge >= 0.3 is 12.6 Å². The third-order valence-corrected chi connectivity index (χ3v) is 5.64. The fourth-order valence-corrected chi connectivity index (χ4v) is 4.07. The highest BCUT2D eigenvalue weighted by molar-refractivity contribution is 6.08. The Kier molecular flexibility index (Phi) is 6.28. The molecule has 2 amide bonds. The van der Waals surface area contributed by atoms with Crippen LogP contribution in [0.1, 0.15) is 22.3 Å². The van der Waals surface area contributed by atoms with E-state index in [2.05, 4.69) is 14.8 Å². The molecule has 2 atom stereocenters. The van der Waals surface area contributed by atoms with Crippen molar-refractivity contribution in [3.8, 4) is 0 Å². The number of aryl methyl sites for hydroxylation is 1. The summed E-state index contributed by atoms with van der Waals surface area (Å²) >= 11 is 0. The van der Waals surface area contributed by atoms with Crippen LogP contribution < -0.4 is 5.32 Å². The van der Waals surface area contributed by atoms with E-state index in [-0.39, 0.29) is 13.0 Å². The van der Waals surface area contributed by atoms with Crippen molar-refractivity contribution >= 4 is 39.7 Å². The summed E-state index contributed by atoms with van der Waals surface area (Å²) in [6.07, 6.45) is -1.12. The van der Waals surface area contributed by atoms with E-state index in [0.29, 0.717) is 16.7 Å². The fraction of sp³-hybridized carbons (Fsp3) is 0.348. The lowest BCUT2D eigenvalue weighted by atomic mass is 10.1. The van der Waals surface area contributed by atoms with Gasteiger partial charge in [-0.3, -0.25) is 9.59 Å². The maximum Gasteiger partial charge on any atom is 0.345 e. The van der Waals surface area contributed by atoms with Crippen LogP contribution in [-0.2, 0) is 19.1 Å². The van der Waals surface area contributed by atoms with Crippen LogP contribution >= 0.6 is 0 Å². The molecule has 1 fully saturated rings. The smallest absolute Gasteiger partial charge is 0.345 e. The van der Waals surface area contributed by atoms with Gasteiger partial charge in [0.2, 0.25) is 5.91 Å². The second kappa shape index (κ2) is 9.14. The van der Waals surface area contributed by atoms with Crippen molar-refractivity contribution in [3.05, 3.63) is 47.5 Å². The maximum absolute atomic E-state index is 12.7. The first kappa shape index (κ1) is 22.7. The van der Waals surface area contributed by atoms with E-state index in [1.54, 1.807) is 18.2 Å². The van der Waals surface area contributed by atoms with Gasteiger partial charge in [0.1, 0.15) is 17.2 Å². The number of hydrogen-bond acceptors (Lipinski definition) is 6. The number of halogens is 2. The minimum absolute atomic E-state index is 0.111. The van der Waals surface area contributed by atoms with E-state index >= 15 is 0 Å². The number of carbonyl (C=O) groups is 3. The van der Waals surface area contributed by atoms with Gasteiger partial charge in [-0.2, -0.15) is 8.78 Å². The maximum atomic E-state index is 12.7. The molecule has 8 nitrogen and oxygen atoms in total. The lowest BCUT2D eigenvalue weighted by Crippen LogP contribution is -2.46. The van der Waals surface area contributed by atoms with E-state index in [4.69, 9.17) is 4.42 Å². The van der Waals surface area contributed by atoms with E-state index in [9.17, 15) is 23.2 Å².